The first-order chi connectivity index (χ1) is 17.6. The van der Waals surface area contributed by atoms with Gasteiger partial charge in [0.15, 0.2) is 0 Å². The van der Waals surface area contributed by atoms with Crippen LogP contribution in [0.1, 0.15) is 32.6 Å². The number of carbonyl (C=O) groups is 1. The molecule has 0 bridgehead atoms. The van der Waals surface area contributed by atoms with Gasteiger partial charge in [0.05, 0.1) is 30.5 Å². The molecule has 0 aromatic heterocycles. The fourth-order valence-electron chi connectivity index (χ4n) is 4.21. The number of sulfonamides is 2. The summed E-state index contributed by atoms with van der Waals surface area (Å²) in [5.74, 6) is 0.592. The van der Waals surface area contributed by atoms with E-state index in [9.17, 15) is 21.6 Å². The van der Waals surface area contributed by atoms with Gasteiger partial charge >= 0.3 is 0 Å². The van der Waals surface area contributed by atoms with Crippen molar-refractivity contribution in [1.29, 1.82) is 0 Å². The molecule has 0 unspecified atom stereocenters. The minimum atomic E-state index is -3.74. The Morgan fingerprint density at radius 2 is 1.57 bits per heavy atom. The zero-order chi connectivity index (χ0) is 27.1. The van der Waals surface area contributed by atoms with Gasteiger partial charge in [0.2, 0.25) is 26.0 Å². The minimum Gasteiger partial charge on any atom is -0.497 e. The molecule has 0 spiro atoms. The van der Waals surface area contributed by atoms with Gasteiger partial charge in [-0.05, 0) is 67.8 Å². The van der Waals surface area contributed by atoms with Crippen LogP contribution in [0, 0.1) is 0 Å². The van der Waals surface area contributed by atoms with Gasteiger partial charge in [0.1, 0.15) is 24.1 Å². The highest BCUT2D eigenvalue weighted by Crippen LogP contribution is 2.25. The normalized spacial score (nSPS) is 15.5. The number of anilines is 1. The Morgan fingerprint density at radius 3 is 2.11 bits per heavy atom. The molecule has 2 aromatic carbocycles. The molecular weight excluding hydrogens is 518 g/mol. The lowest BCUT2D eigenvalue weighted by atomic mass is 10.2. The summed E-state index contributed by atoms with van der Waals surface area (Å²) in [6.45, 7) is 3.08. The second-order valence-corrected chi connectivity index (χ2v) is 12.6. The number of carbonyl (C=O) groups excluding carboxylic acids is 1. The largest absolute Gasteiger partial charge is 0.497 e. The summed E-state index contributed by atoms with van der Waals surface area (Å²) >= 11 is 0. The van der Waals surface area contributed by atoms with Crippen LogP contribution in [0.5, 0.6) is 11.5 Å². The van der Waals surface area contributed by atoms with E-state index in [1.807, 2.05) is 0 Å². The van der Waals surface area contributed by atoms with E-state index in [-0.39, 0.29) is 24.5 Å². The average molecular weight is 554 g/mol. The van der Waals surface area contributed by atoms with Crippen molar-refractivity contribution in [3.8, 4) is 11.5 Å². The summed E-state index contributed by atoms with van der Waals surface area (Å²) in [4.78, 5) is 13.1. The number of amides is 1. The molecule has 1 atom stereocenters. The highest BCUT2D eigenvalue weighted by molar-refractivity contribution is 7.92. The van der Waals surface area contributed by atoms with Crippen LogP contribution in [-0.2, 0) is 24.8 Å². The molecule has 37 heavy (non-hydrogen) atoms. The van der Waals surface area contributed by atoms with Gasteiger partial charge in [-0.3, -0.25) is 9.10 Å². The zero-order valence-corrected chi connectivity index (χ0v) is 23.1. The molecule has 0 radical (unpaired) electrons. The van der Waals surface area contributed by atoms with Gasteiger partial charge in [-0.1, -0.05) is 13.3 Å². The molecule has 204 valence electrons. The molecule has 1 N–H and O–H groups in total. The zero-order valence-electron chi connectivity index (χ0n) is 21.4. The van der Waals surface area contributed by atoms with Crippen LogP contribution in [0.4, 0.5) is 5.69 Å². The first kappa shape index (κ1) is 28.7. The maximum Gasteiger partial charge on any atom is 0.244 e. The van der Waals surface area contributed by atoms with Crippen molar-refractivity contribution in [2.75, 3.05) is 43.9 Å². The first-order valence-corrected chi connectivity index (χ1v) is 15.5. The highest BCUT2D eigenvalue weighted by atomic mass is 32.2. The second kappa shape index (κ2) is 12.6. The van der Waals surface area contributed by atoms with Gasteiger partial charge in [-0.2, -0.15) is 4.31 Å². The van der Waals surface area contributed by atoms with E-state index in [0.29, 0.717) is 30.3 Å². The Balaban J connectivity index is 1.57. The molecule has 0 aliphatic carbocycles. The maximum atomic E-state index is 12.9. The molecule has 3 rings (SSSR count). The molecule has 1 saturated heterocycles. The predicted octanol–water partition coefficient (Wildman–Crippen LogP) is 2.61. The molecule has 0 saturated carbocycles. The van der Waals surface area contributed by atoms with Crippen LogP contribution < -0.4 is 19.1 Å². The third kappa shape index (κ3) is 7.36. The van der Waals surface area contributed by atoms with Gasteiger partial charge < -0.3 is 14.8 Å². The van der Waals surface area contributed by atoms with E-state index < -0.39 is 32.0 Å². The fourth-order valence-corrected chi connectivity index (χ4v) is 6.94. The predicted molar refractivity (Wildman–Crippen MR) is 142 cm³/mol. The Bertz CT molecular complexity index is 1240. The average Bonchev–Trinajstić information content (AvgIpc) is 2.89. The maximum absolute atomic E-state index is 12.9. The monoisotopic (exact) mass is 553 g/mol. The number of ether oxygens (including phenoxy) is 2. The number of benzene rings is 2. The lowest BCUT2D eigenvalue weighted by molar-refractivity contribution is -0.122. The SMILES string of the molecule is CC[C@@H](C(=O)NCCOc1ccc(S(=O)(=O)N2CCCCC2)cc1)N(c1ccc(OC)cc1)S(C)(=O)=O. The van der Waals surface area contributed by atoms with Crippen LogP contribution in [0.3, 0.4) is 0 Å². The quantitative estimate of drug-likeness (QED) is 0.401. The molecule has 2 aromatic rings. The van der Waals surface area contributed by atoms with Gasteiger partial charge in [-0.25, -0.2) is 16.8 Å². The molecule has 1 heterocycles. The smallest absolute Gasteiger partial charge is 0.244 e. The number of methoxy groups -OCH3 is 1. The number of hydrogen-bond acceptors (Lipinski definition) is 7. The summed E-state index contributed by atoms with van der Waals surface area (Å²) in [5, 5.41) is 2.73. The van der Waals surface area contributed by atoms with Crippen LogP contribution in [0.2, 0.25) is 0 Å². The lowest BCUT2D eigenvalue weighted by Gasteiger charge is -2.30. The van der Waals surface area contributed by atoms with Crippen molar-refractivity contribution in [3.63, 3.8) is 0 Å². The van der Waals surface area contributed by atoms with Crippen molar-refractivity contribution in [1.82, 2.24) is 9.62 Å². The molecule has 1 amide bonds. The second-order valence-electron chi connectivity index (χ2n) is 8.76. The molecular formula is C25H35N3O7S2. The van der Waals surface area contributed by atoms with Gasteiger partial charge in [-0.15, -0.1) is 0 Å². The number of rotatable bonds is 12. The summed E-state index contributed by atoms with van der Waals surface area (Å²) in [5.41, 5.74) is 0.362. The number of nitrogens with zero attached hydrogens (tertiary/aromatic N) is 2. The first-order valence-electron chi connectivity index (χ1n) is 12.2. The summed E-state index contributed by atoms with van der Waals surface area (Å²) in [6, 6.07) is 11.7. The highest BCUT2D eigenvalue weighted by Gasteiger charge is 2.31. The van der Waals surface area contributed by atoms with Crippen LogP contribution >= 0.6 is 0 Å². The standard InChI is InChI=1S/C25H35N3O7S2/c1-4-24(28(36(3,30)31)20-8-10-21(34-2)11-9-20)25(29)26-16-19-35-22-12-14-23(15-13-22)37(32,33)27-17-6-5-7-18-27/h8-15,24H,4-7,16-19H2,1-3H3,(H,26,29)/t24-/m0/s1. The Hall–Kier alpha value is -2.83. The minimum absolute atomic E-state index is 0.127. The number of nitrogens with one attached hydrogen (secondary N) is 1. The summed E-state index contributed by atoms with van der Waals surface area (Å²) in [7, 11) is -5.75. The van der Waals surface area contributed by atoms with Crippen LogP contribution in [0.25, 0.3) is 0 Å². The Kier molecular flexibility index (Phi) is 9.80. The molecule has 10 nitrogen and oxygen atoms in total. The topological polar surface area (TPSA) is 122 Å². The van der Waals surface area contributed by atoms with E-state index in [4.69, 9.17) is 9.47 Å². The van der Waals surface area contributed by atoms with Crippen molar-refractivity contribution in [3.05, 3.63) is 48.5 Å². The Labute approximate surface area is 219 Å². The number of hydrogen-bond donors (Lipinski definition) is 1. The molecule has 1 aliphatic rings. The van der Waals surface area contributed by atoms with Gasteiger partial charge in [0, 0.05) is 13.1 Å². The van der Waals surface area contributed by atoms with E-state index in [1.54, 1.807) is 43.3 Å². The fraction of sp³-hybridized carbons (Fsp3) is 0.480. The third-order valence-corrected chi connectivity index (χ3v) is 9.20. The van der Waals surface area contributed by atoms with Crippen molar-refractivity contribution >= 4 is 31.6 Å². The summed E-state index contributed by atoms with van der Waals surface area (Å²) < 4.78 is 64.0. The van der Waals surface area contributed by atoms with Gasteiger partial charge in [0.25, 0.3) is 0 Å². The molecule has 1 aliphatic heterocycles. The van der Waals surface area contributed by atoms with Crippen LogP contribution in [-0.4, -0.2) is 72.7 Å². The summed E-state index contributed by atoms with van der Waals surface area (Å²) in [6.07, 6.45) is 4.10. The molecule has 1 fully saturated rings. The van der Waals surface area contributed by atoms with E-state index in [1.165, 1.54) is 23.5 Å². The third-order valence-electron chi connectivity index (χ3n) is 6.10. The van der Waals surface area contributed by atoms with Crippen LogP contribution in [0.15, 0.2) is 53.4 Å². The van der Waals surface area contributed by atoms with Crippen molar-refractivity contribution < 1.29 is 31.1 Å². The van der Waals surface area contributed by atoms with Crippen molar-refractivity contribution in [2.45, 2.75) is 43.5 Å². The molecule has 12 heteroatoms. The van der Waals surface area contributed by atoms with E-state index in [0.717, 1.165) is 29.8 Å². The Morgan fingerprint density at radius 1 is 0.973 bits per heavy atom. The lowest BCUT2D eigenvalue weighted by Crippen LogP contribution is -2.50. The van der Waals surface area contributed by atoms with Crippen molar-refractivity contribution in [2.24, 2.45) is 0 Å². The van der Waals surface area contributed by atoms with E-state index >= 15 is 0 Å². The van der Waals surface area contributed by atoms with E-state index in [2.05, 4.69) is 5.32 Å². The number of piperidine rings is 1.